The van der Waals surface area contributed by atoms with Crippen LogP contribution in [0.15, 0.2) is 38.6 Å². The molecule has 0 amide bonds. The fourth-order valence-corrected chi connectivity index (χ4v) is 3.20. The van der Waals surface area contributed by atoms with E-state index < -0.39 is 32.0 Å². The van der Waals surface area contributed by atoms with Crippen LogP contribution in [-0.2, 0) is 16.0 Å². The molecule has 0 aliphatic rings. The Kier molecular flexibility index (Phi) is 4.77. The monoisotopic (exact) mass is 426 g/mol. The lowest BCUT2D eigenvalue weighted by Gasteiger charge is -2.14. The number of hydrogen-bond acceptors (Lipinski definition) is 5. The third-order valence-corrected chi connectivity index (χ3v) is 4.88. The normalized spacial score (nSPS) is 12.2. The number of rotatable bonds is 3. The van der Waals surface area contributed by atoms with Gasteiger partial charge in [-0.25, -0.2) is 8.42 Å². The van der Waals surface area contributed by atoms with Crippen molar-refractivity contribution in [3.8, 4) is 11.4 Å². The van der Waals surface area contributed by atoms with Gasteiger partial charge in [-0.15, -0.1) is 0 Å². The Morgan fingerprint density at radius 3 is 2.42 bits per heavy atom. The first-order valence-electron chi connectivity index (χ1n) is 6.20. The average molecular weight is 427 g/mol. The van der Waals surface area contributed by atoms with Gasteiger partial charge in [0.2, 0.25) is 0 Å². The first kappa shape index (κ1) is 18.5. The highest BCUT2D eigenvalue weighted by molar-refractivity contribution is 9.10. The van der Waals surface area contributed by atoms with Crippen LogP contribution in [-0.4, -0.2) is 31.6 Å². The maximum Gasteiger partial charge on any atom is 0.416 e. The van der Waals surface area contributed by atoms with Crippen molar-refractivity contribution in [3.63, 3.8) is 0 Å². The first-order valence-corrected chi connectivity index (χ1v) is 8.88. The summed E-state index contributed by atoms with van der Waals surface area (Å²) in [5.41, 5.74) is -2.22. The predicted octanol–water partition coefficient (Wildman–Crippen LogP) is 2.43. The minimum atomic E-state index is -4.73. The van der Waals surface area contributed by atoms with Gasteiger partial charge < -0.3 is 4.74 Å². The maximum atomic E-state index is 12.8. The van der Waals surface area contributed by atoms with Crippen molar-refractivity contribution in [2.24, 2.45) is 0 Å². The topological polar surface area (TPSA) is 78.3 Å². The predicted molar refractivity (Wildman–Crippen MR) is 82.2 cm³/mol. The van der Waals surface area contributed by atoms with E-state index in [1.54, 1.807) is 0 Å². The van der Waals surface area contributed by atoms with Gasteiger partial charge in [0.15, 0.2) is 15.6 Å². The summed E-state index contributed by atoms with van der Waals surface area (Å²) >= 11 is 2.98. The van der Waals surface area contributed by atoms with Gasteiger partial charge in [0.1, 0.15) is 4.47 Å². The van der Waals surface area contributed by atoms with E-state index in [0.717, 1.165) is 18.5 Å². The fraction of sp³-hybridized carbons (Fsp3) is 0.231. The number of alkyl halides is 3. The zero-order valence-corrected chi connectivity index (χ0v) is 14.7. The smallest absolute Gasteiger partial charge is 0.416 e. The second-order valence-electron chi connectivity index (χ2n) is 4.70. The molecule has 0 atom stereocenters. The highest BCUT2D eigenvalue weighted by Crippen LogP contribution is 2.32. The number of halogens is 4. The van der Waals surface area contributed by atoms with Gasteiger partial charge in [-0.05, 0) is 34.1 Å². The second-order valence-corrected chi connectivity index (χ2v) is 7.47. The summed E-state index contributed by atoms with van der Waals surface area (Å²) in [4.78, 5) is 11.6. The van der Waals surface area contributed by atoms with Crippen LogP contribution in [0.25, 0.3) is 5.69 Å². The Morgan fingerprint density at radius 1 is 1.29 bits per heavy atom. The maximum absolute atomic E-state index is 12.8. The standard InChI is InChI=1S/C13H10BrF3N2O4S/c1-23-9-6-18-19(12(20)11(9)14)8-4-3-7(13(15,16)17)5-10(8)24(2,21)22/h3-6H,1-2H3. The Labute approximate surface area is 142 Å². The van der Waals surface area contributed by atoms with E-state index in [9.17, 15) is 26.4 Å². The fourth-order valence-electron chi connectivity index (χ4n) is 1.89. The van der Waals surface area contributed by atoms with Crippen LogP contribution >= 0.6 is 15.9 Å². The third kappa shape index (κ3) is 3.46. The Hall–Kier alpha value is -1.88. The van der Waals surface area contributed by atoms with E-state index in [2.05, 4.69) is 21.0 Å². The summed E-state index contributed by atoms with van der Waals surface area (Å²) in [6, 6.07) is 2.03. The van der Waals surface area contributed by atoms with E-state index >= 15 is 0 Å². The molecule has 1 heterocycles. The minimum absolute atomic E-state index is 0.0423. The quantitative estimate of drug-likeness (QED) is 0.752. The highest BCUT2D eigenvalue weighted by atomic mass is 79.9. The van der Waals surface area contributed by atoms with Crippen molar-refractivity contribution in [1.82, 2.24) is 9.78 Å². The Balaban J connectivity index is 2.81. The van der Waals surface area contributed by atoms with Crippen LogP contribution in [0.4, 0.5) is 13.2 Å². The van der Waals surface area contributed by atoms with E-state index in [1.165, 1.54) is 7.11 Å². The molecule has 0 radical (unpaired) electrons. The molecule has 130 valence electrons. The van der Waals surface area contributed by atoms with E-state index in [-0.39, 0.29) is 15.9 Å². The molecule has 0 aliphatic heterocycles. The molecule has 24 heavy (non-hydrogen) atoms. The van der Waals surface area contributed by atoms with Crippen LogP contribution in [0.5, 0.6) is 5.75 Å². The molecule has 0 N–H and O–H groups in total. The van der Waals surface area contributed by atoms with Crippen molar-refractivity contribution in [2.75, 3.05) is 13.4 Å². The van der Waals surface area contributed by atoms with Crippen molar-refractivity contribution >= 4 is 25.8 Å². The van der Waals surface area contributed by atoms with E-state index in [1.807, 2.05) is 0 Å². The number of methoxy groups -OCH3 is 1. The molecule has 0 spiro atoms. The Bertz CT molecular complexity index is 955. The average Bonchev–Trinajstić information content (AvgIpc) is 2.47. The minimum Gasteiger partial charge on any atom is -0.494 e. The van der Waals surface area contributed by atoms with Gasteiger partial charge in [0.25, 0.3) is 5.56 Å². The molecule has 0 bridgehead atoms. The van der Waals surface area contributed by atoms with E-state index in [0.29, 0.717) is 16.8 Å². The first-order chi connectivity index (χ1) is 11.0. The molecule has 0 aliphatic carbocycles. The summed E-state index contributed by atoms with van der Waals surface area (Å²) in [7, 11) is -2.76. The van der Waals surface area contributed by atoms with E-state index in [4.69, 9.17) is 4.74 Å². The number of sulfone groups is 1. The van der Waals surface area contributed by atoms with Crippen molar-refractivity contribution in [1.29, 1.82) is 0 Å². The number of ether oxygens (including phenoxy) is 1. The van der Waals surface area contributed by atoms with Gasteiger partial charge in [-0.1, -0.05) is 0 Å². The van der Waals surface area contributed by atoms with Crippen LogP contribution in [0, 0.1) is 0 Å². The molecule has 0 saturated carbocycles. The molecule has 1 aromatic carbocycles. The number of nitrogens with zero attached hydrogens (tertiary/aromatic N) is 2. The summed E-state index contributed by atoms with van der Waals surface area (Å²) in [5, 5.41) is 3.75. The summed E-state index contributed by atoms with van der Waals surface area (Å²) < 4.78 is 67.8. The largest absolute Gasteiger partial charge is 0.494 e. The lowest BCUT2D eigenvalue weighted by atomic mass is 10.2. The van der Waals surface area contributed by atoms with Gasteiger partial charge in [-0.3, -0.25) is 4.79 Å². The third-order valence-electron chi connectivity index (χ3n) is 3.02. The molecular formula is C13H10BrF3N2O4S. The van der Waals surface area contributed by atoms with Gasteiger partial charge in [-0.2, -0.15) is 23.0 Å². The molecule has 1 aromatic heterocycles. The lowest BCUT2D eigenvalue weighted by Crippen LogP contribution is -2.24. The molecule has 0 fully saturated rings. The molecule has 0 unspecified atom stereocenters. The molecule has 2 rings (SSSR count). The SMILES string of the molecule is COc1cnn(-c2ccc(C(F)(F)F)cc2S(C)(=O)=O)c(=O)c1Br. The zero-order chi connectivity index (χ0) is 18.3. The lowest BCUT2D eigenvalue weighted by molar-refractivity contribution is -0.137. The van der Waals surface area contributed by atoms with Crippen molar-refractivity contribution in [3.05, 3.63) is 44.8 Å². The summed E-state index contributed by atoms with van der Waals surface area (Å²) in [5.74, 6) is 0.101. The molecule has 11 heteroatoms. The number of aromatic nitrogens is 2. The van der Waals surface area contributed by atoms with Gasteiger partial charge in [0, 0.05) is 6.26 Å². The van der Waals surface area contributed by atoms with Crippen LogP contribution < -0.4 is 10.3 Å². The summed E-state index contributed by atoms with van der Waals surface area (Å²) in [6.07, 6.45) is -2.85. The molecular weight excluding hydrogens is 417 g/mol. The number of hydrogen-bond donors (Lipinski definition) is 0. The summed E-state index contributed by atoms with van der Waals surface area (Å²) in [6.45, 7) is 0. The molecule has 2 aromatic rings. The second kappa shape index (κ2) is 6.20. The van der Waals surface area contributed by atoms with Gasteiger partial charge in [0.05, 0.1) is 29.5 Å². The van der Waals surface area contributed by atoms with Crippen LogP contribution in [0.1, 0.15) is 5.56 Å². The zero-order valence-electron chi connectivity index (χ0n) is 12.3. The molecule has 0 saturated heterocycles. The van der Waals surface area contributed by atoms with Gasteiger partial charge >= 0.3 is 6.18 Å². The number of benzene rings is 1. The van der Waals surface area contributed by atoms with Crippen molar-refractivity contribution in [2.45, 2.75) is 11.1 Å². The van der Waals surface area contributed by atoms with Crippen LogP contribution in [0.3, 0.4) is 0 Å². The van der Waals surface area contributed by atoms with Crippen LogP contribution in [0.2, 0.25) is 0 Å². The molecule has 6 nitrogen and oxygen atoms in total. The highest BCUT2D eigenvalue weighted by Gasteiger charge is 2.32. The Morgan fingerprint density at radius 2 is 1.92 bits per heavy atom. The van der Waals surface area contributed by atoms with Crippen molar-refractivity contribution < 1.29 is 26.3 Å².